The lowest BCUT2D eigenvalue weighted by atomic mass is 10.0. The van der Waals surface area contributed by atoms with Crippen LogP contribution < -0.4 is 4.74 Å². The van der Waals surface area contributed by atoms with Gasteiger partial charge in [-0.15, -0.1) is 0 Å². The molecule has 0 fully saturated rings. The normalized spacial score (nSPS) is 12.1. The highest BCUT2D eigenvalue weighted by Crippen LogP contribution is 2.15. The standard InChI is InChI=1S/C16H24O/c1-4-14(3)9-6-7-12-17-16-11-8-10-15(5-2)13-16/h5,8,10-11,13-14H,2,4,6-7,9,12H2,1,3H3. The van der Waals surface area contributed by atoms with E-state index in [0.717, 1.165) is 30.3 Å². The van der Waals surface area contributed by atoms with E-state index in [9.17, 15) is 0 Å². The monoisotopic (exact) mass is 232 g/mol. The Morgan fingerprint density at radius 3 is 2.88 bits per heavy atom. The molecule has 1 aromatic rings. The van der Waals surface area contributed by atoms with Crippen LogP contribution in [0.4, 0.5) is 0 Å². The number of benzene rings is 1. The van der Waals surface area contributed by atoms with Gasteiger partial charge in [-0.25, -0.2) is 0 Å². The average molecular weight is 232 g/mol. The molecule has 0 aliphatic rings. The summed E-state index contributed by atoms with van der Waals surface area (Å²) in [5.41, 5.74) is 1.11. The van der Waals surface area contributed by atoms with E-state index in [0.29, 0.717) is 0 Å². The minimum atomic E-state index is 0.816. The first-order valence-electron chi connectivity index (χ1n) is 6.61. The van der Waals surface area contributed by atoms with Gasteiger partial charge in [-0.1, -0.05) is 51.5 Å². The van der Waals surface area contributed by atoms with Crippen molar-refractivity contribution in [2.24, 2.45) is 5.92 Å². The molecule has 0 saturated heterocycles. The van der Waals surface area contributed by atoms with Crippen molar-refractivity contribution in [3.05, 3.63) is 36.4 Å². The maximum Gasteiger partial charge on any atom is 0.119 e. The Kier molecular flexibility index (Phi) is 6.46. The van der Waals surface area contributed by atoms with Crippen molar-refractivity contribution < 1.29 is 4.74 Å². The van der Waals surface area contributed by atoms with E-state index in [2.05, 4.69) is 20.4 Å². The van der Waals surface area contributed by atoms with Gasteiger partial charge in [0.1, 0.15) is 5.75 Å². The third-order valence-corrected chi connectivity index (χ3v) is 3.15. The van der Waals surface area contributed by atoms with Crippen molar-refractivity contribution in [1.29, 1.82) is 0 Å². The van der Waals surface area contributed by atoms with E-state index in [1.54, 1.807) is 0 Å². The first kappa shape index (κ1) is 13.8. The molecule has 0 aliphatic carbocycles. The van der Waals surface area contributed by atoms with Crippen LogP contribution in [0.3, 0.4) is 0 Å². The summed E-state index contributed by atoms with van der Waals surface area (Å²) in [6.07, 6.45) is 6.84. The first-order chi connectivity index (χ1) is 8.26. The smallest absolute Gasteiger partial charge is 0.119 e. The molecule has 94 valence electrons. The van der Waals surface area contributed by atoms with Crippen LogP contribution in [-0.2, 0) is 0 Å². The molecule has 0 aromatic heterocycles. The minimum Gasteiger partial charge on any atom is -0.494 e. The predicted octanol–water partition coefficient (Wildman–Crippen LogP) is 4.92. The van der Waals surface area contributed by atoms with E-state index in [-0.39, 0.29) is 0 Å². The summed E-state index contributed by atoms with van der Waals surface area (Å²) >= 11 is 0. The molecular weight excluding hydrogens is 208 g/mol. The predicted molar refractivity (Wildman–Crippen MR) is 75.3 cm³/mol. The lowest BCUT2D eigenvalue weighted by Gasteiger charge is -2.09. The average Bonchev–Trinajstić information content (AvgIpc) is 2.38. The van der Waals surface area contributed by atoms with Crippen LogP contribution in [0, 0.1) is 5.92 Å². The molecule has 1 rings (SSSR count). The van der Waals surface area contributed by atoms with E-state index in [1.165, 1.54) is 19.3 Å². The third kappa shape index (κ3) is 5.58. The van der Waals surface area contributed by atoms with Crippen molar-refractivity contribution in [2.75, 3.05) is 6.61 Å². The summed E-state index contributed by atoms with van der Waals surface area (Å²) in [5, 5.41) is 0. The molecule has 0 amide bonds. The molecular formula is C16H24O. The van der Waals surface area contributed by atoms with Crippen LogP contribution in [0.5, 0.6) is 5.75 Å². The molecule has 0 radical (unpaired) electrons. The van der Waals surface area contributed by atoms with E-state index in [4.69, 9.17) is 4.74 Å². The Hall–Kier alpha value is -1.24. The number of hydrogen-bond acceptors (Lipinski definition) is 1. The molecule has 1 nitrogen and oxygen atoms in total. The topological polar surface area (TPSA) is 9.23 Å². The van der Waals surface area contributed by atoms with E-state index in [1.807, 2.05) is 30.3 Å². The highest BCUT2D eigenvalue weighted by Gasteiger charge is 1.99. The van der Waals surface area contributed by atoms with Crippen molar-refractivity contribution >= 4 is 6.08 Å². The number of hydrogen-bond donors (Lipinski definition) is 0. The lowest BCUT2D eigenvalue weighted by molar-refractivity contribution is 0.299. The van der Waals surface area contributed by atoms with Gasteiger partial charge in [-0.2, -0.15) is 0 Å². The molecule has 1 aromatic carbocycles. The molecule has 0 spiro atoms. The highest BCUT2D eigenvalue weighted by molar-refractivity contribution is 5.49. The Bertz CT molecular complexity index is 330. The van der Waals surface area contributed by atoms with Gasteiger partial charge in [0.2, 0.25) is 0 Å². The molecule has 0 aliphatic heterocycles. The molecule has 1 atom stereocenters. The fourth-order valence-corrected chi connectivity index (χ4v) is 1.72. The van der Waals surface area contributed by atoms with Crippen LogP contribution in [0.15, 0.2) is 30.8 Å². The second-order valence-electron chi connectivity index (χ2n) is 4.63. The zero-order valence-corrected chi connectivity index (χ0v) is 11.1. The van der Waals surface area contributed by atoms with Crippen LogP contribution in [0.25, 0.3) is 6.08 Å². The first-order valence-corrected chi connectivity index (χ1v) is 6.61. The Balaban J connectivity index is 2.19. The maximum absolute atomic E-state index is 5.72. The molecule has 0 bridgehead atoms. The SMILES string of the molecule is C=Cc1cccc(OCCCCC(C)CC)c1. The quantitative estimate of drug-likeness (QED) is 0.578. The van der Waals surface area contributed by atoms with Gasteiger partial charge in [0.05, 0.1) is 6.61 Å². The van der Waals surface area contributed by atoms with Crippen LogP contribution >= 0.6 is 0 Å². The Morgan fingerprint density at radius 2 is 2.18 bits per heavy atom. The van der Waals surface area contributed by atoms with Crippen LogP contribution in [0.1, 0.15) is 45.1 Å². The van der Waals surface area contributed by atoms with Gasteiger partial charge in [-0.05, 0) is 36.5 Å². The molecule has 0 heterocycles. The minimum absolute atomic E-state index is 0.816. The second kappa shape index (κ2) is 7.94. The van der Waals surface area contributed by atoms with Crippen molar-refractivity contribution in [3.8, 4) is 5.75 Å². The molecule has 17 heavy (non-hydrogen) atoms. The van der Waals surface area contributed by atoms with Crippen molar-refractivity contribution in [2.45, 2.75) is 39.5 Å². The summed E-state index contributed by atoms with van der Waals surface area (Å²) in [7, 11) is 0. The van der Waals surface area contributed by atoms with Gasteiger partial charge in [0.15, 0.2) is 0 Å². The summed E-state index contributed by atoms with van der Waals surface area (Å²) in [6, 6.07) is 8.07. The Morgan fingerprint density at radius 1 is 1.35 bits per heavy atom. The number of unbranched alkanes of at least 4 members (excludes halogenated alkanes) is 1. The number of rotatable bonds is 8. The second-order valence-corrected chi connectivity index (χ2v) is 4.63. The van der Waals surface area contributed by atoms with Gasteiger partial charge in [-0.3, -0.25) is 0 Å². The lowest BCUT2D eigenvalue weighted by Crippen LogP contribution is -1.99. The van der Waals surface area contributed by atoms with E-state index < -0.39 is 0 Å². The molecule has 0 N–H and O–H groups in total. The molecule has 1 heteroatoms. The molecule has 1 unspecified atom stereocenters. The fraction of sp³-hybridized carbons (Fsp3) is 0.500. The highest BCUT2D eigenvalue weighted by atomic mass is 16.5. The fourth-order valence-electron chi connectivity index (χ4n) is 1.72. The third-order valence-electron chi connectivity index (χ3n) is 3.15. The summed E-state index contributed by atoms with van der Waals surface area (Å²) in [4.78, 5) is 0. The molecule has 0 saturated carbocycles. The van der Waals surface area contributed by atoms with Crippen LogP contribution in [0.2, 0.25) is 0 Å². The zero-order valence-electron chi connectivity index (χ0n) is 11.1. The van der Waals surface area contributed by atoms with Crippen LogP contribution in [-0.4, -0.2) is 6.61 Å². The largest absolute Gasteiger partial charge is 0.494 e. The number of ether oxygens (including phenoxy) is 1. The summed E-state index contributed by atoms with van der Waals surface area (Å²) < 4.78 is 5.72. The Labute approximate surface area is 106 Å². The van der Waals surface area contributed by atoms with Gasteiger partial charge in [0.25, 0.3) is 0 Å². The maximum atomic E-state index is 5.72. The van der Waals surface area contributed by atoms with E-state index >= 15 is 0 Å². The summed E-state index contributed by atoms with van der Waals surface area (Å²) in [5.74, 6) is 1.80. The van der Waals surface area contributed by atoms with Crippen molar-refractivity contribution in [3.63, 3.8) is 0 Å². The zero-order chi connectivity index (χ0) is 12.5. The van der Waals surface area contributed by atoms with Crippen molar-refractivity contribution in [1.82, 2.24) is 0 Å². The summed E-state index contributed by atoms with van der Waals surface area (Å²) in [6.45, 7) is 9.14. The van der Waals surface area contributed by atoms with Gasteiger partial charge >= 0.3 is 0 Å². The van der Waals surface area contributed by atoms with Gasteiger partial charge < -0.3 is 4.74 Å². The van der Waals surface area contributed by atoms with Gasteiger partial charge in [0, 0.05) is 0 Å².